The summed E-state index contributed by atoms with van der Waals surface area (Å²) in [4.78, 5) is 15.9. The van der Waals surface area contributed by atoms with Crippen LogP contribution in [-0.4, -0.2) is 16.9 Å². The fraction of sp³-hybridized carbons (Fsp3) is 0.400. The van der Waals surface area contributed by atoms with Crippen molar-refractivity contribution in [1.82, 2.24) is 10.3 Å². The number of halogens is 1. The van der Waals surface area contributed by atoms with Crippen molar-refractivity contribution in [1.29, 1.82) is 0 Å². The van der Waals surface area contributed by atoms with Crippen LogP contribution in [0.5, 0.6) is 0 Å². The van der Waals surface area contributed by atoms with Gasteiger partial charge in [0.1, 0.15) is 0 Å². The average Bonchev–Trinajstić information content (AvgIpc) is 2.23. The number of hydrogen-bond acceptors (Lipinski definition) is 4. The van der Waals surface area contributed by atoms with Gasteiger partial charge in [0, 0.05) is 16.7 Å². The first-order valence-electron chi connectivity index (χ1n) is 5.13. The van der Waals surface area contributed by atoms with Crippen molar-refractivity contribution in [3.8, 4) is 0 Å². The average molecular weight is 285 g/mol. The Hall–Kier alpha value is -1.14. The number of nitrogens with zero attached hydrogens (tertiary/aromatic N) is 1. The molecule has 2 rings (SSSR count). The van der Waals surface area contributed by atoms with Gasteiger partial charge in [-0.1, -0.05) is 0 Å². The van der Waals surface area contributed by atoms with Crippen molar-refractivity contribution in [2.24, 2.45) is 5.84 Å². The summed E-state index contributed by atoms with van der Waals surface area (Å²) < 4.78 is 0.755. The third-order valence-corrected chi connectivity index (χ3v) is 3.11. The second-order valence-electron chi connectivity index (χ2n) is 3.80. The molecule has 0 aliphatic heterocycles. The number of amides is 1. The van der Waals surface area contributed by atoms with E-state index in [-0.39, 0.29) is 5.91 Å². The van der Waals surface area contributed by atoms with Crippen LogP contribution in [0.1, 0.15) is 29.6 Å². The molecule has 0 radical (unpaired) electrons. The van der Waals surface area contributed by atoms with Gasteiger partial charge < -0.3 is 10.7 Å². The molecule has 86 valence electrons. The maximum atomic E-state index is 11.9. The normalized spacial score (nSPS) is 15.4. The van der Waals surface area contributed by atoms with Crippen molar-refractivity contribution in [3.63, 3.8) is 0 Å². The van der Waals surface area contributed by atoms with Gasteiger partial charge in [0.25, 0.3) is 5.91 Å². The Morgan fingerprint density at radius 2 is 2.31 bits per heavy atom. The number of hydrazine groups is 1. The molecule has 0 atom stereocenters. The number of pyridine rings is 1. The number of hydrogen-bond donors (Lipinski definition) is 3. The maximum absolute atomic E-state index is 11.9. The summed E-state index contributed by atoms with van der Waals surface area (Å²) in [7, 11) is 0. The highest BCUT2D eigenvalue weighted by atomic mass is 79.9. The van der Waals surface area contributed by atoms with Crippen LogP contribution in [0.3, 0.4) is 0 Å². The standard InChI is InChI=1S/C10H13BrN4O/c11-6-4-8(9(15-12)13-5-6)10(16)14-7-2-1-3-7/h4-5,7H,1-3,12H2,(H,13,15)(H,14,16). The maximum Gasteiger partial charge on any atom is 0.255 e. The van der Waals surface area contributed by atoms with Crippen molar-refractivity contribution < 1.29 is 4.79 Å². The van der Waals surface area contributed by atoms with Crippen LogP contribution in [0.15, 0.2) is 16.7 Å². The number of aromatic nitrogens is 1. The lowest BCUT2D eigenvalue weighted by Crippen LogP contribution is -2.39. The first kappa shape index (κ1) is 11.3. The van der Waals surface area contributed by atoms with Crippen LogP contribution >= 0.6 is 15.9 Å². The van der Waals surface area contributed by atoms with E-state index < -0.39 is 0 Å². The Balaban J connectivity index is 2.16. The van der Waals surface area contributed by atoms with E-state index in [9.17, 15) is 4.79 Å². The first-order valence-corrected chi connectivity index (χ1v) is 5.93. The number of nitrogens with two attached hydrogens (primary N) is 1. The second kappa shape index (κ2) is 4.80. The summed E-state index contributed by atoms with van der Waals surface area (Å²) in [5.74, 6) is 5.56. The van der Waals surface area contributed by atoms with Gasteiger partial charge in [0.05, 0.1) is 5.56 Å². The van der Waals surface area contributed by atoms with E-state index >= 15 is 0 Å². The third-order valence-electron chi connectivity index (χ3n) is 2.68. The van der Waals surface area contributed by atoms with E-state index in [1.54, 1.807) is 12.3 Å². The van der Waals surface area contributed by atoms with E-state index in [1.165, 1.54) is 6.42 Å². The first-order chi connectivity index (χ1) is 7.70. The molecular formula is C10H13BrN4O. The molecule has 0 saturated heterocycles. The van der Waals surface area contributed by atoms with Crippen LogP contribution < -0.4 is 16.6 Å². The fourth-order valence-electron chi connectivity index (χ4n) is 1.54. The number of carbonyl (C=O) groups is 1. The predicted octanol–water partition coefficient (Wildman–Crippen LogP) is 1.41. The number of rotatable bonds is 3. The lowest BCUT2D eigenvalue weighted by Gasteiger charge is -2.26. The Morgan fingerprint density at radius 3 is 2.88 bits per heavy atom. The SMILES string of the molecule is NNc1ncc(Br)cc1C(=O)NC1CCC1. The molecule has 1 saturated carbocycles. The molecule has 1 fully saturated rings. The van der Waals surface area contributed by atoms with Gasteiger partial charge in [-0.05, 0) is 41.3 Å². The Kier molecular flexibility index (Phi) is 3.40. The minimum atomic E-state index is -0.133. The third kappa shape index (κ3) is 2.33. The molecule has 1 aliphatic carbocycles. The van der Waals surface area contributed by atoms with Crippen LogP contribution in [0.4, 0.5) is 5.82 Å². The highest BCUT2D eigenvalue weighted by molar-refractivity contribution is 9.10. The largest absolute Gasteiger partial charge is 0.349 e. The molecule has 16 heavy (non-hydrogen) atoms. The minimum Gasteiger partial charge on any atom is -0.349 e. The Labute approximate surface area is 102 Å². The van der Waals surface area contributed by atoms with Crippen molar-refractivity contribution in [2.45, 2.75) is 25.3 Å². The van der Waals surface area contributed by atoms with E-state index in [2.05, 4.69) is 31.7 Å². The van der Waals surface area contributed by atoms with Crippen molar-refractivity contribution >= 4 is 27.7 Å². The number of nitrogens with one attached hydrogen (secondary N) is 2. The smallest absolute Gasteiger partial charge is 0.255 e. The zero-order chi connectivity index (χ0) is 11.5. The van der Waals surface area contributed by atoms with E-state index in [0.717, 1.165) is 17.3 Å². The lowest BCUT2D eigenvalue weighted by molar-refractivity contribution is 0.0917. The quantitative estimate of drug-likeness (QED) is 0.579. The molecule has 1 amide bonds. The molecule has 1 aromatic rings. The monoisotopic (exact) mass is 284 g/mol. The molecule has 4 N–H and O–H groups in total. The van der Waals surface area contributed by atoms with Crippen molar-refractivity contribution in [2.75, 3.05) is 5.43 Å². The molecule has 1 aromatic heterocycles. The second-order valence-corrected chi connectivity index (χ2v) is 4.71. The number of nitrogen functional groups attached to an aromatic ring is 1. The zero-order valence-electron chi connectivity index (χ0n) is 8.66. The van der Waals surface area contributed by atoms with E-state index in [4.69, 9.17) is 5.84 Å². The highest BCUT2D eigenvalue weighted by Gasteiger charge is 2.21. The Morgan fingerprint density at radius 1 is 1.56 bits per heavy atom. The van der Waals surface area contributed by atoms with Crippen LogP contribution in [0.2, 0.25) is 0 Å². The van der Waals surface area contributed by atoms with Crippen LogP contribution in [-0.2, 0) is 0 Å². The van der Waals surface area contributed by atoms with Gasteiger partial charge in [-0.2, -0.15) is 0 Å². The lowest BCUT2D eigenvalue weighted by atomic mass is 9.93. The summed E-state index contributed by atoms with van der Waals surface area (Å²) in [6.07, 6.45) is 4.89. The summed E-state index contributed by atoms with van der Waals surface area (Å²) >= 11 is 3.28. The fourth-order valence-corrected chi connectivity index (χ4v) is 1.87. The molecule has 6 heteroatoms. The summed E-state index contributed by atoms with van der Waals surface area (Å²) in [5.41, 5.74) is 2.88. The van der Waals surface area contributed by atoms with Gasteiger partial charge in [0.2, 0.25) is 0 Å². The van der Waals surface area contributed by atoms with Crippen LogP contribution in [0.25, 0.3) is 0 Å². The number of carbonyl (C=O) groups excluding carboxylic acids is 1. The summed E-state index contributed by atoms with van der Waals surface area (Å²) in [6.45, 7) is 0. The highest BCUT2D eigenvalue weighted by Crippen LogP contribution is 2.21. The zero-order valence-corrected chi connectivity index (χ0v) is 10.3. The molecule has 0 spiro atoms. The molecule has 0 bridgehead atoms. The van der Waals surface area contributed by atoms with Gasteiger partial charge in [-0.3, -0.25) is 4.79 Å². The van der Waals surface area contributed by atoms with E-state index in [1.807, 2.05) is 0 Å². The topological polar surface area (TPSA) is 80.0 Å². The Bertz CT molecular complexity index is 406. The molecule has 0 unspecified atom stereocenters. The van der Waals surface area contributed by atoms with Gasteiger partial charge >= 0.3 is 0 Å². The predicted molar refractivity (Wildman–Crippen MR) is 64.9 cm³/mol. The van der Waals surface area contributed by atoms with Gasteiger partial charge in [0.15, 0.2) is 5.82 Å². The molecule has 1 aliphatic rings. The molecular weight excluding hydrogens is 272 g/mol. The van der Waals surface area contributed by atoms with Gasteiger partial charge in [-0.15, -0.1) is 0 Å². The molecule has 0 aromatic carbocycles. The summed E-state index contributed by atoms with van der Waals surface area (Å²) in [5, 5.41) is 2.94. The van der Waals surface area contributed by atoms with E-state index in [0.29, 0.717) is 17.4 Å². The van der Waals surface area contributed by atoms with Crippen molar-refractivity contribution in [3.05, 3.63) is 22.3 Å². The molecule has 5 nitrogen and oxygen atoms in total. The minimum absolute atomic E-state index is 0.133. The molecule has 1 heterocycles. The van der Waals surface area contributed by atoms with Crippen LogP contribution in [0, 0.1) is 0 Å². The van der Waals surface area contributed by atoms with Gasteiger partial charge in [-0.25, -0.2) is 10.8 Å². The summed E-state index contributed by atoms with van der Waals surface area (Å²) in [6, 6.07) is 2.01. The number of anilines is 1.